The molecule has 0 bridgehead atoms. The van der Waals surface area contributed by atoms with Gasteiger partial charge in [0.2, 0.25) is 5.91 Å². The van der Waals surface area contributed by atoms with Gasteiger partial charge in [0.25, 0.3) is 0 Å². The van der Waals surface area contributed by atoms with Gasteiger partial charge in [0, 0.05) is 36.6 Å². The van der Waals surface area contributed by atoms with Crippen LogP contribution in [0.4, 0.5) is 0 Å². The number of hydrogen-bond donors (Lipinski definition) is 0. The zero-order valence-corrected chi connectivity index (χ0v) is 20.0. The average Bonchev–Trinajstić information content (AvgIpc) is 3.41. The van der Waals surface area contributed by atoms with Crippen molar-refractivity contribution in [1.29, 1.82) is 0 Å². The third-order valence-corrected chi connectivity index (χ3v) is 6.79. The molecule has 8 heteroatoms. The minimum Gasteiger partial charge on any atom is -0.465 e. The molecule has 1 aliphatic rings. The average molecular weight is 466 g/mol. The van der Waals surface area contributed by atoms with Crippen molar-refractivity contribution in [2.75, 3.05) is 13.7 Å². The second kappa shape index (κ2) is 9.70. The van der Waals surface area contributed by atoms with Gasteiger partial charge in [-0.25, -0.2) is 4.79 Å². The van der Waals surface area contributed by atoms with E-state index in [0.717, 1.165) is 21.1 Å². The van der Waals surface area contributed by atoms with Crippen LogP contribution in [-0.2, 0) is 16.1 Å². The Labute approximate surface area is 197 Å². The first kappa shape index (κ1) is 22.9. The highest BCUT2D eigenvalue weighted by Gasteiger charge is 2.27. The molecular weight excluding hydrogens is 438 g/mol. The molecule has 33 heavy (non-hydrogen) atoms. The quantitative estimate of drug-likeness (QED) is 0.442. The van der Waals surface area contributed by atoms with Gasteiger partial charge < -0.3 is 14.4 Å². The molecule has 0 radical (unpaired) electrons. The molecule has 2 aromatic carbocycles. The van der Waals surface area contributed by atoms with Gasteiger partial charge in [0.15, 0.2) is 0 Å². The van der Waals surface area contributed by atoms with Crippen molar-refractivity contribution in [2.24, 2.45) is 5.92 Å². The number of likely N-dealkylation sites (tertiary alicyclic amines) is 1. The van der Waals surface area contributed by atoms with E-state index in [0.29, 0.717) is 48.4 Å². The van der Waals surface area contributed by atoms with Crippen LogP contribution >= 0.6 is 11.3 Å². The highest BCUT2D eigenvalue weighted by atomic mass is 32.1. The lowest BCUT2D eigenvalue weighted by Crippen LogP contribution is -2.24. The van der Waals surface area contributed by atoms with Crippen molar-refractivity contribution in [3.05, 3.63) is 58.6 Å². The highest BCUT2D eigenvalue weighted by Crippen LogP contribution is 2.32. The second-order valence-corrected chi connectivity index (χ2v) is 9.63. The first-order chi connectivity index (χ1) is 15.8. The van der Waals surface area contributed by atoms with Crippen LogP contribution in [0.3, 0.4) is 0 Å². The largest absolute Gasteiger partial charge is 0.465 e. The van der Waals surface area contributed by atoms with Crippen LogP contribution in [0, 0.1) is 5.92 Å². The van der Waals surface area contributed by atoms with Crippen molar-refractivity contribution in [2.45, 2.75) is 39.7 Å². The summed E-state index contributed by atoms with van der Waals surface area (Å²) in [6.45, 7) is 7.40. The van der Waals surface area contributed by atoms with Gasteiger partial charge in [0.1, 0.15) is 21.5 Å². The number of methoxy groups -OCH3 is 1. The Morgan fingerprint density at radius 2 is 1.94 bits per heavy atom. The summed E-state index contributed by atoms with van der Waals surface area (Å²) >= 11 is 1.58. The smallest absolute Gasteiger partial charge is 0.337 e. The summed E-state index contributed by atoms with van der Waals surface area (Å²) in [6, 6.07) is 12.8. The molecule has 1 saturated heterocycles. The first-order valence-corrected chi connectivity index (χ1v) is 11.8. The molecule has 2 heterocycles. The maximum Gasteiger partial charge on any atom is 0.337 e. The molecule has 0 saturated carbocycles. The van der Waals surface area contributed by atoms with Gasteiger partial charge in [-0.05, 0) is 42.3 Å². The summed E-state index contributed by atoms with van der Waals surface area (Å²) in [5, 5.41) is 10.4. The van der Waals surface area contributed by atoms with E-state index in [2.05, 4.69) is 31.0 Å². The Kier molecular flexibility index (Phi) is 6.74. The fraction of sp³-hybridized carbons (Fsp3) is 0.360. The minimum absolute atomic E-state index is 0.132. The van der Waals surface area contributed by atoms with Crippen LogP contribution < -0.4 is 4.74 Å². The highest BCUT2D eigenvalue weighted by molar-refractivity contribution is 7.14. The predicted octanol–water partition coefficient (Wildman–Crippen LogP) is 5.28. The Morgan fingerprint density at radius 1 is 1.18 bits per heavy atom. The minimum atomic E-state index is -0.440. The number of ether oxygens (including phenoxy) is 2. The van der Waals surface area contributed by atoms with E-state index in [1.165, 1.54) is 7.11 Å². The van der Waals surface area contributed by atoms with E-state index < -0.39 is 5.97 Å². The van der Waals surface area contributed by atoms with Gasteiger partial charge in [-0.1, -0.05) is 38.2 Å². The van der Waals surface area contributed by atoms with E-state index in [9.17, 15) is 9.59 Å². The van der Waals surface area contributed by atoms with Crippen LogP contribution in [0.15, 0.2) is 42.5 Å². The number of carbonyl (C=O) groups excluding carboxylic acids is 2. The van der Waals surface area contributed by atoms with Crippen molar-refractivity contribution >= 4 is 23.2 Å². The van der Waals surface area contributed by atoms with Crippen molar-refractivity contribution < 1.29 is 19.1 Å². The number of hydrogen-bond acceptors (Lipinski definition) is 7. The number of rotatable bonds is 7. The molecule has 172 valence electrons. The fourth-order valence-electron chi connectivity index (χ4n) is 3.73. The van der Waals surface area contributed by atoms with E-state index in [4.69, 9.17) is 9.47 Å². The summed E-state index contributed by atoms with van der Waals surface area (Å²) < 4.78 is 11.0. The Bertz CT molecular complexity index is 1160. The molecule has 0 spiro atoms. The van der Waals surface area contributed by atoms with Crippen LogP contribution in [0.2, 0.25) is 0 Å². The second-order valence-electron chi connectivity index (χ2n) is 8.62. The third kappa shape index (κ3) is 5.22. The van der Waals surface area contributed by atoms with Gasteiger partial charge in [-0.3, -0.25) is 4.79 Å². The van der Waals surface area contributed by atoms with Crippen molar-refractivity contribution in [3.63, 3.8) is 0 Å². The summed E-state index contributed by atoms with van der Waals surface area (Å²) in [7, 11) is 1.35. The zero-order chi connectivity index (χ0) is 23.5. The lowest BCUT2D eigenvalue weighted by molar-refractivity contribution is -0.128. The van der Waals surface area contributed by atoms with Crippen LogP contribution in [0.25, 0.3) is 10.6 Å². The Balaban J connectivity index is 1.58. The summed E-state index contributed by atoms with van der Waals surface area (Å²) in [6.07, 6.45) is 0.558. The molecular formula is C25H27N3O4S. The van der Waals surface area contributed by atoms with E-state index in [1.54, 1.807) is 23.5 Å². The van der Waals surface area contributed by atoms with Gasteiger partial charge >= 0.3 is 5.97 Å². The number of amides is 1. The molecule has 1 fully saturated rings. The van der Waals surface area contributed by atoms with E-state index >= 15 is 0 Å². The SMILES string of the molecule is COC(=O)c1ccc(CN2C[C@@H](C)CC2=O)c(Oc2ccc(-c3nnc(C(C)C)s3)cc2)c1. The molecule has 0 aliphatic carbocycles. The number of aromatic nitrogens is 2. The molecule has 7 nitrogen and oxygen atoms in total. The van der Waals surface area contributed by atoms with Crippen molar-refractivity contribution in [3.8, 4) is 22.1 Å². The number of carbonyl (C=O) groups is 2. The molecule has 1 aliphatic heterocycles. The van der Waals surface area contributed by atoms with E-state index in [1.807, 2.05) is 35.2 Å². The topological polar surface area (TPSA) is 81.6 Å². The van der Waals surface area contributed by atoms with Gasteiger partial charge in [-0.2, -0.15) is 0 Å². The van der Waals surface area contributed by atoms with Crippen LogP contribution in [0.1, 0.15) is 54.0 Å². The van der Waals surface area contributed by atoms with Crippen LogP contribution in [0.5, 0.6) is 11.5 Å². The lowest BCUT2D eigenvalue weighted by atomic mass is 10.1. The fourth-order valence-corrected chi connectivity index (χ4v) is 4.58. The van der Waals surface area contributed by atoms with Gasteiger partial charge in [0.05, 0.1) is 12.7 Å². The van der Waals surface area contributed by atoms with Crippen LogP contribution in [-0.4, -0.2) is 40.6 Å². The number of nitrogens with zero attached hydrogens (tertiary/aromatic N) is 3. The number of esters is 1. The lowest BCUT2D eigenvalue weighted by Gasteiger charge is -2.19. The third-order valence-electron chi connectivity index (χ3n) is 5.52. The normalized spacial score (nSPS) is 15.8. The Hall–Kier alpha value is -3.26. The molecule has 3 aromatic rings. The summed E-state index contributed by atoms with van der Waals surface area (Å²) in [4.78, 5) is 26.2. The number of benzene rings is 2. The summed E-state index contributed by atoms with van der Waals surface area (Å²) in [5.74, 6) is 1.51. The maximum absolute atomic E-state index is 12.3. The van der Waals surface area contributed by atoms with Crippen molar-refractivity contribution in [1.82, 2.24) is 15.1 Å². The standard InChI is InChI=1S/C25H27N3O4S/c1-15(2)23-26-27-24(33-23)17-7-9-20(10-8-17)32-21-12-18(25(30)31-4)5-6-19(21)14-28-13-16(3)11-22(28)29/h5-10,12,15-16H,11,13-14H2,1-4H3/t16-/m0/s1. The molecule has 0 unspecified atom stereocenters. The molecule has 1 atom stereocenters. The maximum atomic E-state index is 12.3. The first-order valence-electron chi connectivity index (χ1n) is 10.9. The molecule has 4 rings (SSSR count). The molecule has 1 amide bonds. The monoisotopic (exact) mass is 465 g/mol. The Morgan fingerprint density at radius 3 is 2.55 bits per heavy atom. The van der Waals surface area contributed by atoms with E-state index in [-0.39, 0.29) is 5.91 Å². The predicted molar refractivity (Wildman–Crippen MR) is 126 cm³/mol. The molecule has 1 aromatic heterocycles. The zero-order valence-electron chi connectivity index (χ0n) is 19.2. The molecule has 0 N–H and O–H groups in total. The summed E-state index contributed by atoms with van der Waals surface area (Å²) in [5.41, 5.74) is 2.19. The van der Waals surface area contributed by atoms with Gasteiger partial charge in [-0.15, -0.1) is 10.2 Å².